The molecule has 0 atom stereocenters. The Bertz CT molecular complexity index is 2020. The van der Waals surface area contributed by atoms with Crippen LogP contribution in [0, 0.1) is 0 Å². The fourth-order valence-corrected chi connectivity index (χ4v) is 5.69. The molecule has 0 saturated carbocycles. The zero-order valence-electron chi connectivity index (χ0n) is 27.6. The van der Waals surface area contributed by atoms with Crippen molar-refractivity contribution in [2.45, 2.75) is 31.5 Å². The van der Waals surface area contributed by atoms with Crippen LogP contribution in [0.4, 0.5) is 24.9 Å². The highest BCUT2D eigenvalue weighted by Gasteiger charge is 2.38. The van der Waals surface area contributed by atoms with Gasteiger partial charge in [-0.05, 0) is 61.3 Å². The lowest BCUT2D eigenvalue weighted by molar-refractivity contribution is -0.192. The predicted octanol–water partition coefficient (Wildman–Crippen LogP) is 7.17. The van der Waals surface area contributed by atoms with Crippen molar-refractivity contribution in [3.05, 3.63) is 121 Å². The molecule has 260 valence electrons. The normalized spacial score (nSPS) is 13.6. The first-order valence-corrected chi connectivity index (χ1v) is 16.2. The monoisotopic (exact) mass is 693 g/mol. The number of hydrogen-bond donors (Lipinski definition) is 2. The van der Waals surface area contributed by atoms with Crippen molar-refractivity contribution in [1.82, 2.24) is 40.0 Å². The number of aliphatic carboxylic acids is 1. The Morgan fingerprint density at radius 2 is 1.53 bits per heavy atom. The van der Waals surface area contributed by atoms with E-state index >= 15 is 0 Å². The van der Waals surface area contributed by atoms with Crippen LogP contribution in [0.25, 0.3) is 33.9 Å². The average molecular weight is 694 g/mol. The van der Waals surface area contributed by atoms with E-state index in [1.165, 1.54) is 5.56 Å². The molecule has 11 nitrogen and oxygen atoms in total. The van der Waals surface area contributed by atoms with Gasteiger partial charge in [-0.2, -0.15) is 18.3 Å². The molecular weight excluding hydrogens is 659 g/mol. The highest BCUT2D eigenvalue weighted by molar-refractivity contribution is 5.81. The molecule has 0 unspecified atom stereocenters. The van der Waals surface area contributed by atoms with Gasteiger partial charge >= 0.3 is 12.1 Å². The summed E-state index contributed by atoms with van der Waals surface area (Å²) >= 11 is 0. The number of alkyl halides is 3. The number of aromatic nitrogens is 7. The first-order valence-electron chi connectivity index (χ1n) is 16.2. The number of anilines is 2. The largest absolute Gasteiger partial charge is 0.490 e. The van der Waals surface area contributed by atoms with Gasteiger partial charge in [0.25, 0.3) is 0 Å². The minimum absolute atomic E-state index is 0.381. The summed E-state index contributed by atoms with van der Waals surface area (Å²) in [5.74, 6) is 0.643. The Labute approximate surface area is 291 Å². The molecule has 5 heterocycles. The SMILES string of the molecule is CN(c1ccccn1)c1ncc(-c2ccccc2)c(-c2ccc(CN3CCC(c4nc(-c5ccccn5)n[nH]4)CC3)cc2)n1.O=C(O)C(F)(F)F. The number of piperidine rings is 1. The molecule has 2 aromatic carbocycles. The third-order valence-electron chi connectivity index (χ3n) is 8.40. The maximum atomic E-state index is 10.6. The minimum Gasteiger partial charge on any atom is -0.475 e. The average Bonchev–Trinajstić information content (AvgIpc) is 3.67. The summed E-state index contributed by atoms with van der Waals surface area (Å²) in [6.45, 7) is 2.93. The molecule has 14 heteroatoms. The molecule has 2 N–H and O–H groups in total. The summed E-state index contributed by atoms with van der Waals surface area (Å²) in [6.07, 6.45) is 2.47. The zero-order valence-corrected chi connectivity index (χ0v) is 27.6. The minimum atomic E-state index is -5.08. The van der Waals surface area contributed by atoms with Crippen molar-refractivity contribution in [2.75, 3.05) is 25.0 Å². The maximum absolute atomic E-state index is 10.6. The Hall–Kier alpha value is -6.02. The lowest BCUT2D eigenvalue weighted by Crippen LogP contribution is -2.32. The fraction of sp³-hybridized carbons (Fsp3) is 0.216. The third-order valence-corrected chi connectivity index (χ3v) is 8.40. The predicted molar refractivity (Wildman–Crippen MR) is 186 cm³/mol. The van der Waals surface area contributed by atoms with Crippen molar-refractivity contribution < 1.29 is 23.1 Å². The number of carbonyl (C=O) groups is 1. The molecule has 0 aliphatic carbocycles. The van der Waals surface area contributed by atoms with Crippen molar-refractivity contribution in [2.24, 2.45) is 0 Å². The van der Waals surface area contributed by atoms with Gasteiger partial charge in [-0.15, -0.1) is 0 Å². The molecule has 0 radical (unpaired) electrons. The van der Waals surface area contributed by atoms with Crippen LogP contribution >= 0.6 is 0 Å². The summed E-state index contributed by atoms with van der Waals surface area (Å²) in [4.78, 5) is 36.7. The number of carboxylic acids is 1. The van der Waals surface area contributed by atoms with Crippen LogP contribution in [0.1, 0.15) is 30.1 Å². The number of hydrogen-bond acceptors (Lipinski definition) is 9. The van der Waals surface area contributed by atoms with Gasteiger partial charge in [-0.3, -0.25) is 19.9 Å². The first kappa shape index (κ1) is 34.8. The summed E-state index contributed by atoms with van der Waals surface area (Å²) in [5, 5.41) is 14.7. The van der Waals surface area contributed by atoms with E-state index in [1.54, 1.807) is 12.4 Å². The number of nitrogens with zero attached hydrogens (tertiary/aromatic N) is 8. The van der Waals surface area contributed by atoms with Crippen LogP contribution in [0.3, 0.4) is 0 Å². The fourth-order valence-electron chi connectivity index (χ4n) is 5.69. The molecule has 6 aromatic rings. The second kappa shape index (κ2) is 15.7. The van der Waals surface area contributed by atoms with Gasteiger partial charge in [0.1, 0.15) is 17.3 Å². The van der Waals surface area contributed by atoms with Crippen LogP contribution in [0.15, 0.2) is 110 Å². The molecule has 1 fully saturated rings. The third kappa shape index (κ3) is 8.78. The topological polar surface area (TPSA) is 137 Å². The number of nitrogens with one attached hydrogen (secondary N) is 1. The van der Waals surface area contributed by atoms with E-state index in [4.69, 9.17) is 24.9 Å². The number of aromatic amines is 1. The number of H-pyrrole nitrogens is 1. The van der Waals surface area contributed by atoms with Crippen LogP contribution in [-0.4, -0.2) is 77.4 Å². The van der Waals surface area contributed by atoms with Gasteiger partial charge in [-0.25, -0.2) is 24.7 Å². The lowest BCUT2D eigenvalue weighted by Gasteiger charge is -2.31. The number of halogens is 3. The standard InChI is InChI=1S/C35H33N9.C2HF3O2/c1-43(31-12-6-8-20-37-31)35-38-23-29(26-9-3-2-4-10-26)32(39-35)27-15-13-25(14-16-27)24-44-21-17-28(18-22-44)33-40-34(42-41-33)30-11-5-7-19-36-30;3-2(4,5)1(6)7/h2-16,19-20,23,28H,17-18,21-22,24H2,1H3,(H,40,41,42);(H,6,7). The van der Waals surface area contributed by atoms with Crippen LogP contribution in [0.5, 0.6) is 0 Å². The van der Waals surface area contributed by atoms with Gasteiger partial charge < -0.3 is 5.11 Å². The van der Waals surface area contributed by atoms with E-state index in [0.29, 0.717) is 17.7 Å². The molecular formula is C37H34F3N9O2. The van der Waals surface area contributed by atoms with Crippen molar-refractivity contribution in [3.63, 3.8) is 0 Å². The summed E-state index contributed by atoms with van der Waals surface area (Å²) in [7, 11) is 1.94. The molecule has 7 rings (SSSR count). The van der Waals surface area contributed by atoms with E-state index in [9.17, 15) is 13.2 Å². The Morgan fingerprint density at radius 1 is 0.863 bits per heavy atom. The molecule has 0 amide bonds. The molecule has 0 bridgehead atoms. The number of rotatable bonds is 8. The quantitative estimate of drug-likeness (QED) is 0.169. The van der Waals surface area contributed by atoms with Crippen LogP contribution < -0.4 is 4.90 Å². The molecule has 51 heavy (non-hydrogen) atoms. The first-order chi connectivity index (χ1) is 24.7. The molecule has 1 aliphatic rings. The Balaban J connectivity index is 0.000000582. The molecule has 1 saturated heterocycles. The summed E-state index contributed by atoms with van der Waals surface area (Å²) < 4.78 is 31.7. The molecule has 0 spiro atoms. The van der Waals surface area contributed by atoms with Gasteiger partial charge in [0, 0.05) is 49.2 Å². The van der Waals surface area contributed by atoms with Gasteiger partial charge in [0.05, 0.1) is 5.69 Å². The number of carboxylic acid groups (broad SMARTS) is 1. The van der Waals surface area contributed by atoms with E-state index in [1.807, 2.05) is 72.7 Å². The Kier molecular flexibility index (Phi) is 10.7. The van der Waals surface area contributed by atoms with Crippen LogP contribution in [0.2, 0.25) is 0 Å². The van der Waals surface area contributed by atoms with Crippen molar-refractivity contribution >= 4 is 17.7 Å². The maximum Gasteiger partial charge on any atom is 0.490 e. The van der Waals surface area contributed by atoms with E-state index in [-0.39, 0.29) is 0 Å². The van der Waals surface area contributed by atoms with Gasteiger partial charge in [0.15, 0.2) is 5.82 Å². The Morgan fingerprint density at radius 3 is 2.16 bits per heavy atom. The second-order valence-corrected chi connectivity index (χ2v) is 11.9. The van der Waals surface area contributed by atoms with Crippen molar-refractivity contribution in [1.29, 1.82) is 0 Å². The molecule has 4 aromatic heterocycles. The van der Waals surface area contributed by atoms with Crippen LogP contribution in [-0.2, 0) is 11.3 Å². The van der Waals surface area contributed by atoms with Gasteiger partial charge in [0.2, 0.25) is 5.95 Å². The number of likely N-dealkylation sites (tertiary alicyclic amines) is 1. The van der Waals surface area contributed by atoms with E-state index in [0.717, 1.165) is 72.2 Å². The lowest BCUT2D eigenvalue weighted by atomic mass is 9.95. The second-order valence-electron chi connectivity index (χ2n) is 11.9. The zero-order chi connectivity index (χ0) is 35.8. The summed E-state index contributed by atoms with van der Waals surface area (Å²) in [6, 6.07) is 30.7. The van der Waals surface area contributed by atoms with E-state index in [2.05, 4.69) is 61.5 Å². The summed E-state index contributed by atoms with van der Waals surface area (Å²) in [5.41, 5.74) is 6.11. The van der Waals surface area contributed by atoms with Crippen molar-refractivity contribution in [3.8, 4) is 33.9 Å². The smallest absolute Gasteiger partial charge is 0.475 e. The highest BCUT2D eigenvalue weighted by atomic mass is 19.4. The number of pyridine rings is 2. The van der Waals surface area contributed by atoms with E-state index < -0.39 is 12.1 Å². The van der Waals surface area contributed by atoms with Gasteiger partial charge in [-0.1, -0.05) is 66.7 Å². The number of benzene rings is 2. The molecule has 1 aliphatic heterocycles. The highest BCUT2D eigenvalue weighted by Crippen LogP contribution is 2.33.